The van der Waals surface area contributed by atoms with Gasteiger partial charge in [0.2, 0.25) is 0 Å². The van der Waals surface area contributed by atoms with E-state index in [-0.39, 0.29) is 0 Å². The molecule has 162 valence electrons. The Bertz CT molecular complexity index is 1050. The van der Waals surface area contributed by atoms with Crippen LogP contribution in [0.4, 0.5) is 5.82 Å². The first-order valence-electron chi connectivity index (χ1n) is 11.3. The van der Waals surface area contributed by atoms with Gasteiger partial charge in [0.25, 0.3) is 0 Å². The fraction of sp³-hybridized carbons (Fsp3) is 0.400. The number of hydrogen-bond acceptors (Lipinski definition) is 3. The average Bonchev–Trinajstić information content (AvgIpc) is 2.95. The van der Waals surface area contributed by atoms with E-state index in [2.05, 4.69) is 40.5 Å². The van der Waals surface area contributed by atoms with Gasteiger partial charge in [-0.05, 0) is 62.4 Å². The van der Waals surface area contributed by atoms with Gasteiger partial charge >= 0.3 is 0 Å². The van der Waals surface area contributed by atoms with Crippen LogP contribution < -0.4 is 5.32 Å². The molecule has 0 radical (unpaired) electrons. The number of nitrogens with one attached hydrogen (secondary N) is 1. The maximum Gasteiger partial charge on any atom is 0.133 e. The van der Waals surface area contributed by atoms with Crippen LogP contribution in [0.2, 0.25) is 10.0 Å². The van der Waals surface area contributed by atoms with E-state index in [1.807, 2.05) is 16.8 Å². The van der Waals surface area contributed by atoms with Gasteiger partial charge in [-0.25, -0.2) is 4.68 Å². The summed E-state index contributed by atoms with van der Waals surface area (Å²) >= 11 is 12.7. The number of nitrogens with zero attached hydrogens (tertiary/aromatic N) is 3. The molecule has 1 fully saturated rings. The highest BCUT2D eigenvalue weighted by Gasteiger charge is 2.30. The molecule has 1 N–H and O–H groups in total. The third kappa shape index (κ3) is 4.48. The molecule has 2 aromatic carbocycles. The summed E-state index contributed by atoms with van der Waals surface area (Å²) in [6.07, 6.45) is 5.82. The normalized spacial score (nSPS) is 19.5. The molecule has 1 aromatic heterocycles. The van der Waals surface area contributed by atoms with Crippen molar-refractivity contribution in [1.29, 1.82) is 0 Å². The molecule has 5 rings (SSSR count). The minimum atomic E-state index is 0.443. The molecule has 1 unspecified atom stereocenters. The summed E-state index contributed by atoms with van der Waals surface area (Å²) in [5, 5.41) is 10.1. The Hall–Kier alpha value is -2.01. The number of hydrogen-bond donors (Lipinski definition) is 1. The van der Waals surface area contributed by atoms with Crippen LogP contribution in [0.3, 0.4) is 0 Å². The quantitative estimate of drug-likeness (QED) is 0.501. The van der Waals surface area contributed by atoms with Gasteiger partial charge in [0.05, 0.1) is 16.4 Å². The number of fused-ring (bicyclic) bond motifs is 1. The van der Waals surface area contributed by atoms with Crippen molar-refractivity contribution in [2.45, 2.75) is 44.6 Å². The summed E-state index contributed by atoms with van der Waals surface area (Å²) in [6.45, 7) is 4.16. The van der Waals surface area contributed by atoms with Gasteiger partial charge in [-0.2, -0.15) is 5.10 Å². The molecule has 1 atom stereocenters. The average molecular weight is 455 g/mol. The third-order valence-corrected chi connectivity index (χ3v) is 6.98. The molecule has 3 heterocycles. The lowest BCUT2D eigenvalue weighted by Gasteiger charge is -2.32. The van der Waals surface area contributed by atoms with Gasteiger partial charge in [-0.3, -0.25) is 4.90 Å². The second kappa shape index (κ2) is 9.23. The van der Waals surface area contributed by atoms with Crippen molar-refractivity contribution >= 4 is 29.0 Å². The molecule has 31 heavy (non-hydrogen) atoms. The first-order valence-corrected chi connectivity index (χ1v) is 12.0. The highest BCUT2D eigenvalue weighted by molar-refractivity contribution is 6.35. The smallest absolute Gasteiger partial charge is 0.133 e. The second-order valence-electron chi connectivity index (χ2n) is 8.66. The summed E-state index contributed by atoms with van der Waals surface area (Å²) in [5.74, 6) is 1.55. The van der Waals surface area contributed by atoms with Crippen molar-refractivity contribution in [3.8, 4) is 5.69 Å². The molecule has 2 aliphatic heterocycles. The summed E-state index contributed by atoms with van der Waals surface area (Å²) in [4.78, 5) is 2.58. The van der Waals surface area contributed by atoms with Gasteiger partial charge in [0.15, 0.2) is 0 Å². The number of halogens is 2. The molecule has 2 aliphatic rings. The van der Waals surface area contributed by atoms with Gasteiger partial charge in [-0.15, -0.1) is 0 Å². The lowest BCUT2D eigenvalue weighted by Crippen LogP contribution is -2.34. The third-order valence-electron chi connectivity index (χ3n) is 6.44. The van der Waals surface area contributed by atoms with E-state index >= 15 is 0 Å². The van der Waals surface area contributed by atoms with E-state index in [0.29, 0.717) is 16.0 Å². The predicted molar refractivity (Wildman–Crippen MR) is 129 cm³/mol. The van der Waals surface area contributed by atoms with Crippen LogP contribution in [0.5, 0.6) is 0 Å². The Morgan fingerprint density at radius 1 is 1.03 bits per heavy atom. The minimum absolute atomic E-state index is 0.443. The molecule has 0 spiro atoms. The summed E-state index contributed by atoms with van der Waals surface area (Å²) in [7, 11) is 0. The van der Waals surface area contributed by atoms with Crippen LogP contribution in [0.25, 0.3) is 5.69 Å². The van der Waals surface area contributed by atoms with Crippen LogP contribution in [0.1, 0.15) is 48.4 Å². The molecule has 0 aliphatic carbocycles. The van der Waals surface area contributed by atoms with Crippen LogP contribution in [-0.4, -0.2) is 34.3 Å². The first kappa shape index (κ1) is 20.9. The Morgan fingerprint density at radius 3 is 2.74 bits per heavy atom. The van der Waals surface area contributed by atoms with Crippen molar-refractivity contribution in [3.05, 3.63) is 75.4 Å². The maximum atomic E-state index is 6.57. The van der Waals surface area contributed by atoms with Crippen LogP contribution in [0.15, 0.2) is 48.5 Å². The van der Waals surface area contributed by atoms with Crippen molar-refractivity contribution < 1.29 is 0 Å². The standard InChI is InChI=1S/C25H28Cl2N4/c26-20-11-12-23(22(27)15-20)31-25-21(10-4-5-13-28-25)24(29-31)19-9-6-14-30(17-19)16-18-7-2-1-3-8-18/h1-3,7-8,11-12,15,19,28H,4-6,9-10,13-14,16-17H2. The predicted octanol–water partition coefficient (Wildman–Crippen LogP) is 6.31. The molecular formula is C25H28Cl2N4. The van der Waals surface area contributed by atoms with Crippen LogP contribution in [-0.2, 0) is 13.0 Å². The molecular weight excluding hydrogens is 427 g/mol. The van der Waals surface area contributed by atoms with Gasteiger partial charge in [0, 0.05) is 36.1 Å². The Morgan fingerprint density at radius 2 is 1.90 bits per heavy atom. The number of benzene rings is 2. The SMILES string of the molecule is Clc1ccc(-n2nc(C3CCCN(Cc4ccccc4)C3)c3c2NCCCC3)c(Cl)c1. The van der Waals surface area contributed by atoms with E-state index in [9.17, 15) is 0 Å². The van der Waals surface area contributed by atoms with Crippen molar-refractivity contribution in [2.24, 2.45) is 0 Å². The molecule has 0 amide bonds. The highest BCUT2D eigenvalue weighted by atomic mass is 35.5. The number of likely N-dealkylation sites (tertiary alicyclic amines) is 1. The van der Waals surface area contributed by atoms with E-state index < -0.39 is 0 Å². The summed E-state index contributed by atoms with van der Waals surface area (Å²) in [5.41, 5.74) is 4.88. The lowest BCUT2D eigenvalue weighted by atomic mass is 9.91. The number of piperidine rings is 1. The topological polar surface area (TPSA) is 33.1 Å². The molecule has 3 aromatic rings. The minimum Gasteiger partial charge on any atom is -0.370 e. The van der Waals surface area contributed by atoms with Crippen molar-refractivity contribution in [1.82, 2.24) is 14.7 Å². The van der Waals surface area contributed by atoms with E-state index in [4.69, 9.17) is 28.3 Å². The largest absolute Gasteiger partial charge is 0.370 e. The van der Waals surface area contributed by atoms with Crippen LogP contribution >= 0.6 is 23.2 Å². The second-order valence-corrected chi connectivity index (χ2v) is 9.51. The fourth-order valence-corrected chi connectivity index (χ4v) is 5.44. The summed E-state index contributed by atoms with van der Waals surface area (Å²) in [6, 6.07) is 16.4. The lowest BCUT2D eigenvalue weighted by molar-refractivity contribution is 0.198. The summed E-state index contributed by atoms with van der Waals surface area (Å²) < 4.78 is 2.02. The number of aromatic nitrogens is 2. The van der Waals surface area contributed by atoms with E-state index in [1.165, 1.54) is 42.5 Å². The Labute approximate surface area is 194 Å². The van der Waals surface area contributed by atoms with Gasteiger partial charge in [0.1, 0.15) is 5.82 Å². The monoisotopic (exact) mass is 454 g/mol. The molecule has 1 saturated heterocycles. The molecule has 6 heteroatoms. The zero-order valence-corrected chi connectivity index (χ0v) is 19.2. The Balaban J connectivity index is 1.48. The van der Waals surface area contributed by atoms with Gasteiger partial charge < -0.3 is 5.32 Å². The molecule has 4 nitrogen and oxygen atoms in total. The number of anilines is 1. The van der Waals surface area contributed by atoms with E-state index in [1.54, 1.807) is 6.07 Å². The van der Waals surface area contributed by atoms with Crippen molar-refractivity contribution in [3.63, 3.8) is 0 Å². The van der Waals surface area contributed by atoms with E-state index in [0.717, 1.165) is 44.1 Å². The van der Waals surface area contributed by atoms with Crippen molar-refractivity contribution in [2.75, 3.05) is 25.0 Å². The Kier molecular flexibility index (Phi) is 6.22. The fourth-order valence-electron chi connectivity index (χ4n) is 4.95. The molecule has 0 bridgehead atoms. The zero-order chi connectivity index (χ0) is 21.2. The van der Waals surface area contributed by atoms with Crippen LogP contribution in [0, 0.1) is 0 Å². The van der Waals surface area contributed by atoms with Gasteiger partial charge in [-0.1, -0.05) is 53.5 Å². The first-order chi connectivity index (χ1) is 15.2. The number of rotatable bonds is 4. The zero-order valence-electron chi connectivity index (χ0n) is 17.7. The highest BCUT2D eigenvalue weighted by Crippen LogP contribution is 2.37. The molecule has 0 saturated carbocycles. The maximum absolute atomic E-state index is 6.57.